The second-order valence-electron chi connectivity index (χ2n) is 9.45. The summed E-state index contributed by atoms with van der Waals surface area (Å²) in [6.45, 7) is 4.32. The van der Waals surface area contributed by atoms with Gasteiger partial charge in [-0.05, 0) is 61.9 Å². The number of nitrogens with zero attached hydrogens (tertiary/aromatic N) is 3. The molecule has 198 valence electrons. The molecule has 1 heterocycles. The van der Waals surface area contributed by atoms with Crippen molar-refractivity contribution >= 4 is 15.9 Å². The van der Waals surface area contributed by atoms with E-state index in [1.807, 2.05) is 98.8 Å². The van der Waals surface area contributed by atoms with E-state index in [1.54, 1.807) is 23.0 Å². The van der Waals surface area contributed by atoms with Gasteiger partial charge in [-0.15, -0.1) is 0 Å². The second-order valence-corrected chi connectivity index (χ2v) is 11.4. The first-order valence-corrected chi connectivity index (χ1v) is 14.2. The Morgan fingerprint density at radius 2 is 1.57 bits per heavy atom. The molecule has 0 atom stereocenters. The summed E-state index contributed by atoms with van der Waals surface area (Å²) in [4.78, 5) is -0.300. The van der Waals surface area contributed by atoms with Gasteiger partial charge >= 0.3 is 0 Å². The Hall–Kier alpha value is -4.93. The maximum absolute atomic E-state index is 13.4. The molecule has 40 heavy (non-hydrogen) atoms. The minimum Gasteiger partial charge on any atom is -0.489 e. The molecule has 0 radical (unpaired) electrons. The second kappa shape index (κ2) is 11.4. The summed E-state index contributed by atoms with van der Waals surface area (Å²) in [5.74, 6) is 0.648. The quantitative estimate of drug-likeness (QED) is 0.195. The predicted molar refractivity (Wildman–Crippen MR) is 156 cm³/mol. The Morgan fingerprint density at radius 1 is 0.900 bits per heavy atom. The van der Waals surface area contributed by atoms with Gasteiger partial charge in [-0.2, -0.15) is 10.4 Å². The van der Waals surface area contributed by atoms with Crippen molar-refractivity contribution in [2.75, 3.05) is 0 Å². The molecule has 7 heteroatoms. The lowest BCUT2D eigenvalue weighted by Crippen LogP contribution is -2.03. The standard InChI is InChI=1S/C33H27N3O3S/c1-24-11-15-26(16-12-24)23-39-30-10-6-7-27(19-30)33-28(22-36(35-33)29-8-4-3-5-9-29)20-32(21-34)40(37,38)31-17-13-25(2)14-18-31/h3-20,22H,23H2,1-2H3. The van der Waals surface area contributed by atoms with Crippen molar-refractivity contribution in [1.29, 1.82) is 5.26 Å². The molecule has 5 rings (SSSR count). The zero-order valence-corrected chi connectivity index (χ0v) is 23.0. The highest BCUT2D eigenvalue weighted by molar-refractivity contribution is 7.95. The number of rotatable bonds is 8. The van der Waals surface area contributed by atoms with Gasteiger partial charge in [0.25, 0.3) is 0 Å². The van der Waals surface area contributed by atoms with Gasteiger partial charge in [-0.1, -0.05) is 77.9 Å². The fourth-order valence-corrected chi connectivity index (χ4v) is 5.32. The molecular weight excluding hydrogens is 518 g/mol. The predicted octanol–water partition coefficient (Wildman–Crippen LogP) is 7.07. The van der Waals surface area contributed by atoms with Gasteiger partial charge in [0.2, 0.25) is 9.84 Å². The van der Waals surface area contributed by atoms with Gasteiger partial charge in [0.15, 0.2) is 0 Å². The fraction of sp³-hybridized carbons (Fsp3) is 0.0909. The van der Waals surface area contributed by atoms with Gasteiger partial charge in [0.1, 0.15) is 29.0 Å². The molecule has 0 unspecified atom stereocenters. The minimum absolute atomic E-state index is 0.0643. The van der Waals surface area contributed by atoms with Crippen LogP contribution in [0.25, 0.3) is 23.0 Å². The Labute approximate surface area is 234 Å². The summed E-state index contributed by atoms with van der Waals surface area (Å²) in [6, 6.07) is 33.5. The van der Waals surface area contributed by atoms with E-state index in [-0.39, 0.29) is 9.80 Å². The van der Waals surface area contributed by atoms with Crippen LogP contribution in [0.5, 0.6) is 5.75 Å². The number of aryl methyl sites for hydroxylation is 2. The number of hydrogen-bond donors (Lipinski definition) is 0. The van der Waals surface area contributed by atoms with Gasteiger partial charge in [-0.3, -0.25) is 0 Å². The largest absolute Gasteiger partial charge is 0.489 e. The highest BCUT2D eigenvalue weighted by Crippen LogP contribution is 2.30. The number of aromatic nitrogens is 2. The molecule has 0 saturated heterocycles. The molecule has 0 amide bonds. The van der Waals surface area contributed by atoms with Gasteiger partial charge in [0, 0.05) is 17.3 Å². The molecule has 0 aliphatic rings. The topological polar surface area (TPSA) is 85.0 Å². The van der Waals surface area contributed by atoms with E-state index in [0.29, 0.717) is 23.6 Å². The van der Waals surface area contributed by atoms with E-state index in [1.165, 1.54) is 23.8 Å². The van der Waals surface area contributed by atoms with E-state index in [0.717, 1.165) is 22.4 Å². The third-order valence-corrected chi connectivity index (χ3v) is 8.10. The number of para-hydroxylation sites is 1. The lowest BCUT2D eigenvalue weighted by Gasteiger charge is -2.08. The van der Waals surface area contributed by atoms with Crippen molar-refractivity contribution in [1.82, 2.24) is 9.78 Å². The van der Waals surface area contributed by atoms with E-state index in [2.05, 4.69) is 0 Å². The van der Waals surface area contributed by atoms with E-state index < -0.39 is 9.84 Å². The SMILES string of the molecule is Cc1ccc(COc2cccc(-c3nn(-c4ccccc4)cc3C=C(C#N)S(=O)(=O)c3ccc(C)cc3)c2)cc1. The highest BCUT2D eigenvalue weighted by atomic mass is 32.2. The molecule has 6 nitrogen and oxygen atoms in total. The third kappa shape index (κ3) is 5.88. The molecule has 0 aliphatic heterocycles. The van der Waals surface area contributed by atoms with Gasteiger partial charge in [0.05, 0.1) is 10.6 Å². The molecule has 0 spiro atoms. The maximum Gasteiger partial charge on any atom is 0.216 e. The molecule has 0 bridgehead atoms. The molecule has 4 aromatic carbocycles. The number of hydrogen-bond acceptors (Lipinski definition) is 5. The van der Waals surface area contributed by atoms with Gasteiger partial charge in [-0.25, -0.2) is 13.1 Å². The number of ether oxygens (including phenoxy) is 1. The maximum atomic E-state index is 13.4. The highest BCUT2D eigenvalue weighted by Gasteiger charge is 2.22. The molecule has 1 aromatic heterocycles. The molecule has 0 saturated carbocycles. The molecule has 0 aliphatic carbocycles. The van der Waals surface area contributed by atoms with Crippen LogP contribution < -0.4 is 4.74 Å². The summed E-state index contributed by atoms with van der Waals surface area (Å²) in [6.07, 6.45) is 3.11. The minimum atomic E-state index is -4.03. The van der Waals surface area contributed by atoms with Crippen LogP contribution in [0.2, 0.25) is 0 Å². The van der Waals surface area contributed by atoms with E-state index in [9.17, 15) is 13.7 Å². The number of allylic oxidation sites excluding steroid dienone is 1. The lowest BCUT2D eigenvalue weighted by atomic mass is 10.1. The molecule has 0 fully saturated rings. The normalized spacial score (nSPS) is 11.7. The van der Waals surface area contributed by atoms with Crippen LogP contribution in [0.15, 0.2) is 119 Å². The Balaban J connectivity index is 1.55. The average Bonchev–Trinajstić information content (AvgIpc) is 3.40. The molecular formula is C33H27N3O3S. The summed E-state index contributed by atoms with van der Waals surface area (Å²) < 4.78 is 34.4. The summed E-state index contributed by atoms with van der Waals surface area (Å²) in [5.41, 5.74) is 5.71. The third-order valence-electron chi connectivity index (χ3n) is 6.41. The fourth-order valence-electron chi connectivity index (χ4n) is 4.17. The Morgan fingerprint density at radius 3 is 2.25 bits per heavy atom. The van der Waals surface area contributed by atoms with E-state index >= 15 is 0 Å². The van der Waals surface area contributed by atoms with Crippen molar-refractivity contribution in [2.45, 2.75) is 25.3 Å². The average molecular weight is 546 g/mol. The first-order valence-electron chi connectivity index (χ1n) is 12.7. The zero-order chi connectivity index (χ0) is 28.1. The van der Waals surface area contributed by atoms with Gasteiger partial charge < -0.3 is 4.74 Å². The van der Waals surface area contributed by atoms with Crippen LogP contribution in [-0.4, -0.2) is 18.2 Å². The first-order chi connectivity index (χ1) is 19.3. The Kier molecular flexibility index (Phi) is 7.63. The first kappa shape index (κ1) is 26.7. The van der Waals surface area contributed by atoms with Crippen LogP contribution in [-0.2, 0) is 16.4 Å². The van der Waals surface area contributed by atoms with Crippen molar-refractivity contribution < 1.29 is 13.2 Å². The monoisotopic (exact) mass is 545 g/mol. The van der Waals surface area contributed by atoms with Crippen LogP contribution in [0.3, 0.4) is 0 Å². The smallest absolute Gasteiger partial charge is 0.216 e. The van der Waals surface area contributed by atoms with Crippen LogP contribution >= 0.6 is 0 Å². The lowest BCUT2D eigenvalue weighted by molar-refractivity contribution is 0.306. The summed E-state index contributed by atoms with van der Waals surface area (Å²) in [7, 11) is -4.03. The molecule has 5 aromatic rings. The van der Waals surface area contributed by atoms with Crippen molar-refractivity contribution in [2.24, 2.45) is 0 Å². The van der Waals surface area contributed by atoms with Crippen LogP contribution in [0.1, 0.15) is 22.3 Å². The number of benzene rings is 4. The van der Waals surface area contributed by atoms with Crippen LogP contribution in [0, 0.1) is 25.2 Å². The van der Waals surface area contributed by atoms with Crippen molar-refractivity contribution in [3.05, 3.63) is 136 Å². The van der Waals surface area contributed by atoms with Crippen LogP contribution in [0.4, 0.5) is 0 Å². The van der Waals surface area contributed by atoms with Crippen molar-refractivity contribution in [3.63, 3.8) is 0 Å². The Bertz CT molecular complexity index is 1820. The number of sulfone groups is 1. The zero-order valence-electron chi connectivity index (χ0n) is 22.2. The summed E-state index contributed by atoms with van der Waals surface area (Å²) >= 11 is 0. The van der Waals surface area contributed by atoms with Crippen molar-refractivity contribution in [3.8, 4) is 28.8 Å². The number of nitriles is 1. The van der Waals surface area contributed by atoms with E-state index in [4.69, 9.17) is 9.84 Å². The summed E-state index contributed by atoms with van der Waals surface area (Å²) in [5, 5.41) is 14.7. The molecule has 0 N–H and O–H groups in total.